The van der Waals surface area contributed by atoms with Crippen LogP contribution in [0.25, 0.3) is 22.1 Å². The topological polar surface area (TPSA) is 107 Å². The summed E-state index contributed by atoms with van der Waals surface area (Å²) in [5.74, 6) is -0.264. The number of ether oxygens (including phenoxy) is 1. The summed E-state index contributed by atoms with van der Waals surface area (Å²) in [5, 5.41) is 3.79. The number of furan rings is 1. The lowest BCUT2D eigenvalue weighted by Crippen LogP contribution is -2.35. The number of nitrogens with two attached hydrogens (primary N) is 1. The first-order chi connectivity index (χ1) is 20.8. The van der Waals surface area contributed by atoms with Crippen LogP contribution in [0.15, 0.2) is 83.4 Å². The molecule has 1 saturated carbocycles. The van der Waals surface area contributed by atoms with Crippen LogP contribution < -0.4 is 15.8 Å². The standard InChI is InChI=1S/C35H32FN3O4/c1-3-16-42-29-17-21(2)25(20-27(29)34(41)39-35(13-14-35)31-6-4-5-15-38-31)23-9-12-28-26(19-23)32(33(37)40)30(43-28)18-22-7-10-24(36)11-8-22/h4-12,15,17,19-20H,3,13-14,16,18H2,1-2H3,(H2,37,40)(H,39,41). The molecule has 1 aliphatic rings. The number of hydrogen-bond donors (Lipinski definition) is 2. The van der Waals surface area contributed by atoms with E-state index >= 15 is 0 Å². The molecule has 3 N–H and O–H groups in total. The van der Waals surface area contributed by atoms with Gasteiger partial charge in [-0.15, -0.1) is 0 Å². The molecule has 2 heterocycles. The lowest BCUT2D eigenvalue weighted by molar-refractivity contribution is 0.0924. The van der Waals surface area contributed by atoms with E-state index in [4.69, 9.17) is 14.9 Å². The van der Waals surface area contributed by atoms with Crippen molar-refractivity contribution < 1.29 is 23.1 Å². The summed E-state index contributed by atoms with van der Waals surface area (Å²) < 4.78 is 25.5. The van der Waals surface area contributed by atoms with Gasteiger partial charge in [0.05, 0.1) is 29.0 Å². The summed E-state index contributed by atoms with van der Waals surface area (Å²) in [4.78, 5) is 30.9. The second-order valence-corrected chi connectivity index (χ2v) is 11.0. The Morgan fingerprint density at radius 3 is 2.53 bits per heavy atom. The minimum Gasteiger partial charge on any atom is -0.493 e. The normalized spacial score (nSPS) is 13.6. The van der Waals surface area contributed by atoms with E-state index in [1.807, 2.05) is 56.3 Å². The molecule has 218 valence electrons. The first-order valence-electron chi connectivity index (χ1n) is 14.4. The zero-order valence-electron chi connectivity index (χ0n) is 24.1. The van der Waals surface area contributed by atoms with Crippen molar-refractivity contribution in [3.63, 3.8) is 0 Å². The van der Waals surface area contributed by atoms with Crippen molar-refractivity contribution in [1.82, 2.24) is 10.3 Å². The van der Waals surface area contributed by atoms with Crippen LogP contribution in [-0.2, 0) is 12.0 Å². The number of pyridine rings is 1. The molecule has 8 heteroatoms. The van der Waals surface area contributed by atoms with Crippen molar-refractivity contribution in [3.05, 3.63) is 119 Å². The molecule has 5 aromatic rings. The molecule has 0 unspecified atom stereocenters. The maximum atomic E-state index is 13.8. The van der Waals surface area contributed by atoms with E-state index in [9.17, 15) is 14.0 Å². The number of benzene rings is 3. The minimum atomic E-state index is -0.614. The van der Waals surface area contributed by atoms with E-state index < -0.39 is 11.4 Å². The average molecular weight is 578 g/mol. The number of halogens is 1. The van der Waals surface area contributed by atoms with E-state index in [0.717, 1.165) is 47.2 Å². The van der Waals surface area contributed by atoms with Gasteiger partial charge in [-0.3, -0.25) is 14.6 Å². The smallest absolute Gasteiger partial charge is 0.255 e. The number of aromatic nitrogens is 1. The molecule has 0 bridgehead atoms. The molecular weight excluding hydrogens is 545 g/mol. The van der Waals surface area contributed by atoms with Crippen molar-refractivity contribution in [2.45, 2.75) is 45.1 Å². The first kappa shape index (κ1) is 28.2. The predicted molar refractivity (Wildman–Crippen MR) is 163 cm³/mol. The van der Waals surface area contributed by atoms with Crippen LogP contribution in [0.2, 0.25) is 0 Å². The second-order valence-electron chi connectivity index (χ2n) is 11.0. The summed E-state index contributed by atoms with van der Waals surface area (Å²) in [5.41, 5.74) is 10.7. The Labute approximate surface area is 248 Å². The Balaban J connectivity index is 1.39. The molecular formula is C35H32FN3O4. The lowest BCUT2D eigenvalue weighted by atomic mass is 9.95. The number of nitrogens with zero attached hydrogens (tertiary/aromatic N) is 1. The molecule has 0 aliphatic heterocycles. The summed E-state index contributed by atoms with van der Waals surface area (Å²) in [7, 11) is 0. The maximum absolute atomic E-state index is 13.8. The lowest BCUT2D eigenvalue weighted by Gasteiger charge is -2.20. The summed E-state index contributed by atoms with van der Waals surface area (Å²) in [6.07, 6.45) is 4.44. The number of hydrogen-bond acceptors (Lipinski definition) is 5. The maximum Gasteiger partial charge on any atom is 0.255 e. The van der Waals surface area contributed by atoms with Crippen molar-refractivity contribution in [1.29, 1.82) is 0 Å². The second kappa shape index (κ2) is 11.4. The Kier molecular flexibility index (Phi) is 7.44. The van der Waals surface area contributed by atoms with Crippen LogP contribution in [0.5, 0.6) is 5.75 Å². The van der Waals surface area contributed by atoms with Gasteiger partial charge < -0.3 is 20.2 Å². The van der Waals surface area contributed by atoms with Gasteiger partial charge >= 0.3 is 0 Å². The van der Waals surface area contributed by atoms with Crippen LogP contribution in [-0.4, -0.2) is 23.4 Å². The number of carbonyl (C=O) groups excluding carboxylic acids is 2. The number of carbonyl (C=O) groups is 2. The highest BCUT2D eigenvalue weighted by Crippen LogP contribution is 2.45. The highest BCUT2D eigenvalue weighted by atomic mass is 19.1. The van der Waals surface area contributed by atoms with Crippen LogP contribution >= 0.6 is 0 Å². The van der Waals surface area contributed by atoms with Gasteiger partial charge in [0.1, 0.15) is 22.9 Å². The zero-order chi connectivity index (χ0) is 30.1. The monoisotopic (exact) mass is 577 g/mol. The van der Waals surface area contributed by atoms with E-state index in [1.54, 1.807) is 24.4 Å². The SMILES string of the molecule is CCCOc1cc(C)c(-c2ccc3oc(Cc4ccc(F)cc4)c(C(N)=O)c3c2)cc1C(=O)NC1(c2ccccn2)CC1. The van der Waals surface area contributed by atoms with Crippen molar-refractivity contribution >= 4 is 22.8 Å². The number of amides is 2. The van der Waals surface area contributed by atoms with Crippen molar-refractivity contribution in [3.8, 4) is 16.9 Å². The van der Waals surface area contributed by atoms with E-state index in [-0.39, 0.29) is 23.7 Å². The summed E-state index contributed by atoms with van der Waals surface area (Å²) >= 11 is 0. The number of fused-ring (bicyclic) bond motifs is 1. The predicted octanol–water partition coefficient (Wildman–Crippen LogP) is 6.84. The molecule has 43 heavy (non-hydrogen) atoms. The Morgan fingerprint density at radius 2 is 1.86 bits per heavy atom. The molecule has 0 saturated heterocycles. The van der Waals surface area contributed by atoms with Gasteiger partial charge in [-0.1, -0.05) is 31.2 Å². The van der Waals surface area contributed by atoms with Gasteiger partial charge in [0.15, 0.2) is 0 Å². The largest absolute Gasteiger partial charge is 0.493 e. The molecule has 2 amide bonds. The van der Waals surface area contributed by atoms with Crippen molar-refractivity contribution in [2.75, 3.05) is 6.61 Å². The van der Waals surface area contributed by atoms with Gasteiger partial charge in [0.25, 0.3) is 11.8 Å². The molecule has 0 atom stereocenters. The van der Waals surface area contributed by atoms with Crippen LogP contribution in [0.3, 0.4) is 0 Å². The van der Waals surface area contributed by atoms with E-state index in [2.05, 4.69) is 10.3 Å². The molecule has 7 nitrogen and oxygen atoms in total. The van der Waals surface area contributed by atoms with Crippen LogP contribution in [0, 0.1) is 12.7 Å². The zero-order valence-corrected chi connectivity index (χ0v) is 24.1. The first-order valence-corrected chi connectivity index (χ1v) is 14.4. The minimum absolute atomic E-state index is 0.237. The number of aryl methyl sites for hydroxylation is 1. The van der Waals surface area contributed by atoms with E-state index in [1.165, 1.54) is 12.1 Å². The molecule has 1 aliphatic carbocycles. The summed E-state index contributed by atoms with van der Waals surface area (Å²) in [6, 6.07) is 21.0. The quantitative estimate of drug-likeness (QED) is 0.189. The summed E-state index contributed by atoms with van der Waals surface area (Å²) in [6.45, 7) is 4.45. The molecule has 3 aromatic carbocycles. The number of nitrogens with one attached hydrogen (secondary N) is 1. The number of primary amides is 1. The Bertz CT molecular complexity index is 1830. The third-order valence-electron chi connectivity index (χ3n) is 7.89. The third-order valence-corrected chi connectivity index (χ3v) is 7.89. The van der Waals surface area contributed by atoms with E-state index in [0.29, 0.717) is 34.6 Å². The highest BCUT2D eigenvalue weighted by Gasteiger charge is 2.47. The van der Waals surface area contributed by atoms with Gasteiger partial charge in [-0.05, 0) is 97.0 Å². The molecule has 0 radical (unpaired) electrons. The fraction of sp³-hybridized carbons (Fsp3) is 0.229. The third kappa shape index (κ3) is 5.60. The molecule has 6 rings (SSSR count). The van der Waals surface area contributed by atoms with Crippen molar-refractivity contribution in [2.24, 2.45) is 5.73 Å². The van der Waals surface area contributed by atoms with Gasteiger partial charge in [-0.25, -0.2) is 4.39 Å². The van der Waals surface area contributed by atoms with Crippen LogP contribution in [0.4, 0.5) is 4.39 Å². The highest BCUT2D eigenvalue weighted by molar-refractivity contribution is 6.08. The Morgan fingerprint density at radius 1 is 1.07 bits per heavy atom. The molecule has 0 spiro atoms. The van der Waals surface area contributed by atoms with Gasteiger partial charge in [-0.2, -0.15) is 0 Å². The molecule has 1 fully saturated rings. The number of rotatable bonds is 10. The molecule has 2 aromatic heterocycles. The van der Waals surface area contributed by atoms with Gasteiger partial charge in [0, 0.05) is 18.0 Å². The van der Waals surface area contributed by atoms with Gasteiger partial charge in [0.2, 0.25) is 0 Å². The fourth-order valence-electron chi connectivity index (χ4n) is 5.50. The Hall–Kier alpha value is -4.98. The fourth-order valence-corrected chi connectivity index (χ4v) is 5.50. The average Bonchev–Trinajstić information content (AvgIpc) is 3.69. The van der Waals surface area contributed by atoms with Crippen LogP contribution in [0.1, 0.15) is 69.5 Å².